The summed E-state index contributed by atoms with van der Waals surface area (Å²) in [5.41, 5.74) is 4.47. The second kappa shape index (κ2) is 8.71. The number of aromatic nitrogens is 3. The Labute approximate surface area is 195 Å². The molecule has 3 heterocycles. The van der Waals surface area contributed by atoms with Crippen molar-refractivity contribution in [2.45, 2.75) is 27.7 Å². The molecule has 0 atom stereocenters. The lowest BCUT2D eigenvalue weighted by Gasteiger charge is -2.09. The highest BCUT2D eigenvalue weighted by molar-refractivity contribution is 7.12. The van der Waals surface area contributed by atoms with Crippen molar-refractivity contribution < 1.29 is 14.3 Å². The average molecular weight is 464 g/mol. The second-order valence-electron chi connectivity index (χ2n) is 7.96. The fourth-order valence-electron chi connectivity index (χ4n) is 4.06. The lowest BCUT2D eigenvalue weighted by atomic mass is 10.1. The van der Waals surface area contributed by atoms with Crippen molar-refractivity contribution in [1.29, 1.82) is 0 Å². The number of nitrogens with zero attached hydrogens (tertiary/aromatic N) is 3. The van der Waals surface area contributed by atoms with Gasteiger partial charge in [-0.15, -0.1) is 11.3 Å². The number of carbonyl (C=O) groups is 2. The summed E-state index contributed by atoms with van der Waals surface area (Å²) < 4.78 is 10.5. The predicted octanol–water partition coefficient (Wildman–Crippen LogP) is 4.30. The Morgan fingerprint density at radius 1 is 1.00 bits per heavy atom. The molecule has 0 aliphatic heterocycles. The van der Waals surface area contributed by atoms with Crippen LogP contribution in [-0.2, 0) is 11.8 Å². The van der Waals surface area contributed by atoms with Gasteiger partial charge < -0.3 is 9.30 Å². The first-order valence-electron chi connectivity index (χ1n) is 10.5. The van der Waals surface area contributed by atoms with Crippen LogP contribution < -0.4 is 5.56 Å². The van der Waals surface area contributed by atoms with Gasteiger partial charge in [-0.1, -0.05) is 18.2 Å². The standard InChI is InChI=1S/C25H25N3O4S/c1-15-11-12-33-23(15)25(31)32-14-21(29)20-13-16(2)27(17(20)3)22-18(4)26(5)28(24(22)30)19-9-7-6-8-10-19/h6-13H,14H2,1-5H3. The Balaban J connectivity index is 1.68. The SMILES string of the molecule is Cc1ccsc1C(=O)OCC(=O)c1cc(C)n(-c2c(C)n(C)n(-c3ccccc3)c2=O)c1C. The lowest BCUT2D eigenvalue weighted by molar-refractivity contribution is 0.0478. The summed E-state index contributed by atoms with van der Waals surface area (Å²) >= 11 is 1.29. The zero-order valence-electron chi connectivity index (χ0n) is 19.2. The zero-order chi connectivity index (χ0) is 23.9. The molecule has 0 bridgehead atoms. The Morgan fingerprint density at radius 2 is 1.70 bits per heavy atom. The van der Waals surface area contributed by atoms with E-state index in [0.717, 1.165) is 22.6 Å². The summed E-state index contributed by atoms with van der Waals surface area (Å²) in [6.45, 7) is 6.99. The molecule has 0 aliphatic carbocycles. The number of hydrogen-bond acceptors (Lipinski definition) is 5. The van der Waals surface area contributed by atoms with E-state index in [1.807, 2.05) is 69.6 Å². The van der Waals surface area contributed by atoms with Gasteiger partial charge in [0, 0.05) is 24.0 Å². The molecular formula is C25H25N3O4S. The van der Waals surface area contributed by atoms with Crippen molar-refractivity contribution >= 4 is 23.1 Å². The molecule has 0 saturated heterocycles. The molecule has 0 N–H and O–H groups in total. The minimum atomic E-state index is -0.505. The summed E-state index contributed by atoms with van der Waals surface area (Å²) in [7, 11) is 1.83. The molecule has 33 heavy (non-hydrogen) atoms. The first kappa shape index (κ1) is 22.5. The van der Waals surface area contributed by atoms with Gasteiger partial charge in [-0.05, 0) is 62.9 Å². The maximum Gasteiger partial charge on any atom is 0.349 e. The first-order chi connectivity index (χ1) is 15.7. The third-order valence-electron chi connectivity index (χ3n) is 5.86. The molecule has 4 rings (SSSR count). The summed E-state index contributed by atoms with van der Waals surface area (Å²) in [5.74, 6) is -0.816. The number of thiophene rings is 1. The summed E-state index contributed by atoms with van der Waals surface area (Å²) in [6, 6.07) is 13.0. The Morgan fingerprint density at radius 3 is 2.33 bits per heavy atom. The number of rotatable bonds is 6. The van der Waals surface area contributed by atoms with Gasteiger partial charge in [0.2, 0.25) is 5.78 Å². The second-order valence-corrected chi connectivity index (χ2v) is 8.88. The minimum absolute atomic E-state index is 0.179. The molecule has 170 valence electrons. The van der Waals surface area contributed by atoms with E-state index in [0.29, 0.717) is 21.8 Å². The number of Topliss-reactive ketones (excluding diaryl/α,β-unsaturated/α-hetero) is 1. The van der Waals surface area contributed by atoms with Gasteiger partial charge in [-0.2, -0.15) is 0 Å². The first-order valence-corrected chi connectivity index (χ1v) is 11.4. The molecule has 0 amide bonds. The summed E-state index contributed by atoms with van der Waals surface area (Å²) in [6.07, 6.45) is 0. The van der Waals surface area contributed by atoms with Crippen LogP contribution in [0.25, 0.3) is 11.4 Å². The molecule has 3 aromatic heterocycles. The number of ether oxygens (including phenoxy) is 1. The van der Waals surface area contributed by atoms with E-state index in [9.17, 15) is 14.4 Å². The molecule has 4 aromatic rings. The van der Waals surface area contributed by atoms with Crippen LogP contribution in [0, 0.1) is 27.7 Å². The number of ketones is 1. The molecule has 0 fully saturated rings. The molecule has 0 radical (unpaired) electrons. The third-order valence-corrected chi connectivity index (χ3v) is 6.86. The van der Waals surface area contributed by atoms with Crippen LogP contribution in [0.1, 0.15) is 42.7 Å². The fourth-order valence-corrected chi connectivity index (χ4v) is 4.87. The van der Waals surface area contributed by atoms with Crippen LogP contribution in [0.5, 0.6) is 0 Å². The normalized spacial score (nSPS) is 11.1. The molecular weight excluding hydrogens is 438 g/mol. The van der Waals surface area contributed by atoms with Crippen molar-refractivity contribution in [2.24, 2.45) is 7.05 Å². The van der Waals surface area contributed by atoms with Gasteiger partial charge in [0.1, 0.15) is 10.6 Å². The zero-order valence-corrected chi connectivity index (χ0v) is 20.0. The van der Waals surface area contributed by atoms with Crippen LogP contribution in [0.2, 0.25) is 0 Å². The van der Waals surface area contributed by atoms with Crippen LogP contribution in [0.15, 0.2) is 52.6 Å². The molecule has 1 aromatic carbocycles. The quantitative estimate of drug-likeness (QED) is 0.316. The van der Waals surface area contributed by atoms with E-state index < -0.39 is 5.97 Å². The molecule has 0 spiro atoms. The van der Waals surface area contributed by atoms with E-state index in [-0.39, 0.29) is 17.9 Å². The molecule has 0 saturated carbocycles. The number of benzene rings is 1. The number of esters is 1. The van der Waals surface area contributed by atoms with Gasteiger partial charge in [0.25, 0.3) is 5.56 Å². The average Bonchev–Trinajstić information content (AvgIpc) is 3.42. The molecule has 7 nitrogen and oxygen atoms in total. The highest BCUT2D eigenvalue weighted by atomic mass is 32.1. The van der Waals surface area contributed by atoms with E-state index in [1.54, 1.807) is 26.9 Å². The van der Waals surface area contributed by atoms with Gasteiger partial charge in [0.05, 0.1) is 11.4 Å². The van der Waals surface area contributed by atoms with E-state index in [1.165, 1.54) is 11.3 Å². The Bertz CT molecular complexity index is 1420. The van der Waals surface area contributed by atoms with E-state index in [2.05, 4.69) is 0 Å². The largest absolute Gasteiger partial charge is 0.453 e. The number of carbonyl (C=O) groups excluding carboxylic acids is 2. The Kier molecular flexibility index (Phi) is 5.95. The fraction of sp³-hybridized carbons (Fsp3) is 0.240. The predicted molar refractivity (Wildman–Crippen MR) is 128 cm³/mol. The third kappa shape index (κ3) is 3.87. The van der Waals surface area contributed by atoms with Gasteiger partial charge in [-0.25, -0.2) is 9.48 Å². The topological polar surface area (TPSA) is 75.2 Å². The number of hydrogen-bond donors (Lipinski definition) is 0. The maximum absolute atomic E-state index is 13.4. The van der Waals surface area contributed by atoms with Crippen molar-refractivity contribution in [3.05, 3.63) is 91.3 Å². The molecule has 0 aliphatic rings. The van der Waals surface area contributed by atoms with Crippen molar-refractivity contribution in [2.75, 3.05) is 6.61 Å². The monoisotopic (exact) mass is 463 g/mol. The lowest BCUT2D eigenvalue weighted by Crippen LogP contribution is -2.22. The van der Waals surface area contributed by atoms with Crippen molar-refractivity contribution in [3.63, 3.8) is 0 Å². The van der Waals surface area contributed by atoms with Crippen molar-refractivity contribution in [3.8, 4) is 11.4 Å². The summed E-state index contributed by atoms with van der Waals surface area (Å²) in [4.78, 5) is 39.1. The number of aryl methyl sites for hydroxylation is 2. The smallest absolute Gasteiger partial charge is 0.349 e. The van der Waals surface area contributed by atoms with Crippen LogP contribution in [-0.4, -0.2) is 32.3 Å². The highest BCUT2D eigenvalue weighted by Gasteiger charge is 2.24. The van der Waals surface area contributed by atoms with Crippen LogP contribution in [0.3, 0.4) is 0 Å². The van der Waals surface area contributed by atoms with E-state index in [4.69, 9.17) is 4.74 Å². The molecule has 0 unspecified atom stereocenters. The summed E-state index contributed by atoms with van der Waals surface area (Å²) in [5, 5.41) is 1.81. The highest BCUT2D eigenvalue weighted by Crippen LogP contribution is 2.23. The van der Waals surface area contributed by atoms with Crippen molar-refractivity contribution in [1.82, 2.24) is 13.9 Å². The van der Waals surface area contributed by atoms with Gasteiger partial charge in [0.15, 0.2) is 6.61 Å². The maximum atomic E-state index is 13.4. The van der Waals surface area contributed by atoms with Gasteiger partial charge >= 0.3 is 5.97 Å². The van der Waals surface area contributed by atoms with Crippen LogP contribution >= 0.6 is 11.3 Å². The van der Waals surface area contributed by atoms with Crippen LogP contribution in [0.4, 0.5) is 0 Å². The minimum Gasteiger partial charge on any atom is -0.453 e. The molecule has 8 heteroatoms. The van der Waals surface area contributed by atoms with E-state index >= 15 is 0 Å². The number of para-hydroxylation sites is 1. The Hall–Kier alpha value is -3.65. The van der Waals surface area contributed by atoms with Gasteiger partial charge in [-0.3, -0.25) is 14.3 Å².